The van der Waals surface area contributed by atoms with Gasteiger partial charge in [0.2, 0.25) is 5.88 Å². The number of halogens is 3. The number of rotatable bonds is 10. The van der Waals surface area contributed by atoms with Gasteiger partial charge in [-0.05, 0) is 50.1 Å². The standard InChI is InChI=1S/C21H26ClF2N5O4S/c1-28-6-8-29(9-7-28)5-3-2-4-25-21(32)26-19-17(20(30)31)18(27-34-19)33-12-13-10-16(24)14(22)11-15(13)23/h10-11H,2-9,12H2,1H3,(H,30,31)(H2,25,26,32). The van der Waals surface area contributed by atoms with Gasteiger partial charge in [-0.3, -0.25) is 5.32 Å². The van der Waals surface area contributed by atoms with E-state index in [0.29, 0.717) is 18.1 Å². The summed E-state index contributed by atoms with van der Waals surface area (Å²) < 4.78 is 36.7. The minimum absolute atomic E-state index is 0.0276. The summed E-state index contributed by atoms with van der Waals surface area (Å²) in [6, 6.07) is 1.10. The molecule has 13 heteroatoms. The SMILES string of the molecule is CN1CCN(CCCCNC(=O)Nc2snc(OCc3cc(F)c(Cl)cc3F)c2C(=O)O)CC1. The summed E-state index contributed by atoms with van der Waals surface area (Å²) in [6.07, 6.45) is 1.72. The number of carbonyl (C=O) groups is 2. The molecule has 0 radical (unpaired) electrons. The van der Waals surface area contributed by atoms with Gasteiger partial charge in [0, 0.05) is 38.3 Å². The van der Waals surface area contributed by atoms with Gasteiger partial charge >= 0.3 is 12.0 Å². The Morgan fingerprint density at radius 1 is 1.21 bits per heavy atom. The molecule has 0 bridgehead atoms. The summed E-state index contributed by atoms with van der Waals surface area (Å²) in [5.74, 6) is -3.33. The van der Waals surface area contributed by atoms with Crippen molar-refractivity contribution in [3.8, 4) is 5.88 Å². The van der Waals surface area contributed by atoms with Gasteiger partial charge in [-0.1, -0.05) is 11.6 Å². The van der Waals surface area contributed by atoms with E-state index in [1.807, 2.05) is 0 Å². The van der Waals surface area contributed by atoms with Crippen LogP contribution in [0.25, 0.3) is 0 Å². The van der Waals surface area contributed by atoms with E-state index in [2.05, 4.69) is 31.9 Å². The zero-order valence-electron chi connectivity index (χ0n) is 18.6. The topological polar surface area (TPSA) is 107 Å². The molecule has 1 aromatic heterocycles. The van der Waals surface area contributed by atoms with E-state index in [4.69, 9.17) is 16.3 Å². The Balaban J connectivity index is 1.47. The first-order valence-electron chi connectivity index (χ1n) is 10.7. The van der Waals surface area contributed by atoms with Gasteiger partial charge in [0.15, 0.2) is 5.56 Å². The number of amides is 2. The van der Waals surface area contributed by atoms with E-state index in [1.165, 1.54) is 0 Å². The predicted molar refractivity (Wildman–Crippen MR) is 125 cm³/mol. The molecule has 1 aromatic carbocycles. The van der Waals surface area contributed by atoms with Gasteiger partial charge in [0.05, 0.1) is 5.02 Å². The summed E-state index contributed by atoms with van der Waals surface area (Å²) in [7, 11) is 2.11. The number of urea groups is 1. The molecule has 1 aliphatic heterocycles. The average molecular weight is 518 g/mol. The lowest BCUT2D eigenvalue weighted by Crippen LogP contribution is -2.44. The summed E-state index contributed by atoms with van der Waals surface area (Å²) in [4.78, 5) is 28.6. The number of benzene rings is 1. The number of carboxylic acid groups (broad SMARTS) is 1. The highest BCUT2D eigenvalue weighted by atomic mass is 35.5. The van der Waals surface area contributed by atoms with Gasteiger partial charge < -0.3 is 25.0 Å². The lowest BCUT2D eigenvalue weighted by molar-refractivity contribution is 0.0693. The summed E-state index contributed by atoms with van der Waals surface area (Å²) in [6.45, 7) is 5.12. The number of anilines is 1. The van der Waals surface area contributed by atoms with Crippen molar-refractivity contribution in [2.45, 2.75) is 19.4 Å². The molecule has 186 valence electrons. The number of piperazine rings is 1. The van der Waals surface area contributed by atoms with Crippen molar-refractivity contribution in [1.82, 2.24) is 19.5 Å². The number of hydrogen-bond acceptors (Lipinski definition) is 7. The highest BCUT2D eigenvalue weighted by molar-refractivity contribution is 7.11. The molecule has 1 saturated heterocycles. The van der Waals surface area contributed by atoms with Crippen molar-refractivity contribution in [3.05, 3.63) is 39.9 Å². The van der Waals surface area contributed by atoms with Crippen LogP contribution in [0.4, 0.5) is 18.6 Å². The predicted octanol–water partition coefficient (Wildman–Crippen LogP) is 3.50. The van der Waals surface area contributed by atoms with Crippen LogP contribution in [0, 0.1) is 11.6 Å². The fourth-order valence-electron chi connectivity index (χ4n) is 3.35. The zero-order valence-corrected chi connectivity index (χ0v) is 20.1. The van der Waals surface area contributed by atoms with Crippen LogP contribution >= 0.6 is 23.1 Å². The van der Waals surface area contributed by atoms with Crippen molar-refractivity contribution in [3.63, 3.8) is 0 Å². The molecule has 1 fully saturated rings. The fraction of sp³-hybridized carbons (Fsp3) is 0.476. The second-order valence-electron chi connectivity index (χ2n) is 7.88. The van der Waals surface area contributed by atoms with Crippen LogP contribution in [0.15, 0.2) is 12.1 Å². The van der Waals surface area contributed by atoms with E-state index >= 15 is 0 Å². The molecular weight excluding hydrogens is 492 g/mol. The number of unbranched alkanes of at least 4 members (excludes halogenated alkanes) is 1. The molecule has 1 aliphatic rings. The van der Waals surface area contributed by atoms with Crippen molar-refractivity contribution in [2.24, 2.45) is 0 Å². The number of carboxylic acids is 1. The second kappa shape index (κ2) is 12.2. The summed E-state index contributed by atoms with van der Waals surface area (Å²) >= 11 is 6.23. The van der Waals surface area contributed by atoms with Crippen molar-refractivity contribution in [1.29, 1.82) is 0 Å². The minimum Gasteiger partial charge on any atom is -0.477 e. The Morgan fingerprint density at radius 3 is 2.65 bits per heavy atom. The monoisotopic (exact) mass is 517 g/mol. The number of hydrogen-bond donors (Lipinski definition) is 3. The Labute approximate surface area is 204 Å². The molecule has 0 atom stereocenters. The third-order valence-corrected chi connectivity index (χ3v) is 6.37. The molecule has 0 saturated carbocycles. The van der Waals surface area contributed by atoms with Crippen LogP contribution in [-0.2, 0) is 6.61 Å². The zero-order chi connectivity index (χ0) is 24.7. The quantitative estimate of drug-likeness (QED) is 0.327. The molecular formula is C21H26ClF2N5O4S. The Bertz CT molecular complexity index is 1020. The second-order valence-corrected chi connectivity index (χ2v) is 9.06. The van der Waals surface area contributed by atoms with E-state index in [9.17, 15) is 23.5 Å². The van der Waals surface area contributed by atoms with Crippen LogP contribution < -0.4 is 15.4 Å². The van der Waals surface area contributed by atoms with E-state index in [1.54, 1.807) is 0 Å². The maximum Gasteiger partial charge on any atom is 0.344 e. The van der Waals surface area contributed by atoms with Crippen LogP contribution in [0.1, 0.15) is 28.8 Å². The molecule has 2 amide bonds. The van der Waals surface area contributed by atoms with Crippen LogP contribution in [0.3, 0.4) is 0 Å². The van der Waals surface area contributed by atoms with Crippen molar-refractivity contribution < 1.29 is 28.2 Å². The summed E-state index contributed by atoms with van der Waals surface area (Å²) in [5, 5.41) is 14.3. The highest BCUT2D eigenvalue weighted by Crippen LogP contribution is 2.31. The van der Waals surface area contributed by atoms with Gasteiger partial charge in [-0.25, -0.2) is 18.4 Å². The maximum atomic E-state index is 13.9. The highest BCUT2D eigenvalue weighted by Gasteiger charge is 2.24. The number of nitrogens with zero attached hydrogens (tertiary/aromatic N) is 3. The van der Waals surface area contributed by atoms with Gasteiger partial charge in [0.25, 0.3) is 0 Å². The van der Waals surface area contributed by atoms with Crippen molar-refractivity contribution in [2.75, 3.05) is 51.6 Å². The van der Waals surface area contributed by atoms with Crippen LogP contribution in [0.5, 0.6) is 5.88 Å². The largest absolute Gasteiger partial charge is 0.477 e. The van der Waals surface area contributed by atoms with Gasteiger partial charge in [0.1, 0.15) is 23.2 Å². The molecule has 34 heavy (non-hydrogen) atoms. The number of carbonyl (C=O) groups excluding carboxylic acids is 1. The molecule has 0 aliphatic carbocycles. The first kappa shape index (κ1) is 26.1. The van der Waals surface area contributed by atoms with Crippen molar-refractivity contribution >= 4 is 40.1 Å². The Hall–Kier alpha value is -2.54. The lowest BCUT2D eigenvalue weighted by Gasteiger charge is -2.32. The lowest BCUT2D eigenvalue weighted by atomic mass is 10.2. The number of aromatic nitrogens is 1. The third kappa shape index (κ3) is 7.23. The van der Waals surface area contributed by atoms with E-state index in [0.717, 1.165) is 57.7 Å². The third-order valence-electron chi connectivity index (χ3n) is 5.34. The average Bonchev–Trinajstić information content (AvgIpc) is 3.19. The number of aromatic carboxylic acids is 1. The molecule has 2 aromatic rings. The number of likely N-dealkylation sites (N-methyl/N-ethyl adjacent to an activating group) is 1. The Kier molecular flexibility index (Phi) is 9.39. The maximum absolute atomic E-state index is 13.9. The Morgan fingerprint density at radius 2 is 1.94 bits per heavy atom. The first-order chi connectivity index (χ1) is 16.2. The fourth-order valence-corrected chi connectivity index (χ4v) is 4.22. The molecule has 2 heterocycles. The molecule has 3 rings (SSSR count). The normalized spacial score (nSPS) is 14.7. The van der Waals surface area contributed by atoms with E-state index in [-0.39, 0.29) is 27.0 Å². The number of nitrogens with one attached hydrogen (secondary N) is 2. The van der Waals surface area contributed by atoms with Gasteiger partial charge in [-0.2, -0.15) is 4.37 Å². The van der Waals surface area contributed by atoms with Crippen LogP contribution in [0.2, 0.25) is 5.02 Å². The molecule has 0 unspecified atom stereocenters. The van der Waals surface area contributed by atoms with Crippen LogP contribution in [-0.4, -0.2) is 77.6 Å². The molecule has 0 spiro atoms. The van der Waals surface area contributed by atoms with E-state index < -0.39 is 30.2 Å². The summed E-state index contributed by atoms with van der Waals surface area (Å²) in [5.41, 5.74) is -0.528. The number of ether oxygens (including phenoxy) is 1. The molecule has 9 nitrogen and oxygen atoms in total. The smallest absolute Gasteiger partial charge is 0.344 e. The molecule has 3 N–H and O–H groups in total. The minimum atomic E-state index is -1.38. The first-order valence-corrected chi connectivity index (χ1v) is 11.8. The van der Waals surface area contributed by atoms with Gasteiger partial charge in [-0.15, -0.1) is 0 Å².